The molecule has 0 aliphatic carbocycles. The second-order valence-electron chi connectivity index (χ2n) is 6.74. The number of benzene rings is 2. The van der Waals surface area contributed by atoms with E-state index < -0.39 is 0 Å². The van der Waals surface area contributed by atoms with Crippen LogP contribution < -0.4 is 10.3 Å². The topological polar surface area (TPSA) is 57.8 Å². The van der Waals surface area contributed by atoms with Crippen LogP contribution in [0.4, 0.5) is 5.69 Å². The van der Waals surface area contributed by atoms with E-state index >= 15 is 0 Å². The van der Waals surface area contributed by atoms with Gasteiger partial charge in [0, 0.05) is 29.9 Å². The van der Waals surface area contributed by atoms with Crippen molar-refractivity contribution < 1.29 is 9.21 Å². The second kappa shape index (κ2) is 8.72. The van der Waals surface area contributed by atoms with Crippen LogP contribution in [0.3, 0.4) is 0 Å². The number of anilines is 1. The molecule has 0 saturated carbocycles. The predicted molar refractivity (Wildman–Crippen MR) is 117 cm³/mol. The van der Waals surface area contributed by atoms with E-state index in [4.69, 9.17) is 27.6 Å². The number of nitrogens with zero attached hydrogens (tertiary/aromatic N) is 2. The van der Waals surface area contributed by atoms with E-state index in [-0.39, 0.29) is 5.91 Å². The minimum atomic E-state index is -0.279. The molecule has 1 aliphatic heterocycles. The Bertz CT molecular complexity index is 1040. The van der Waals surface area contributed by atoms with Crippen molar-refractivity contribution in [2.45, 2.75) is 12.8 Å². The normalized spacial score (nSPS) is 13.9. The number of amides is 1. The van der Waals surface area contributed by atoms with E-state index in [0.717, 1.165) is 18.8 Å². The highest BCUT2D eigenvalue weighted by molar-refractivity contribution is 6.43. The maximum atomic E-state index is 12.3. The van der Waals surface area contributed by atoms with Crippen LogP contribution in [-0.2, 0) is 0 Å². The van der Waals surface area contributed by atoms with Crippen LogP contribution in [0.5, 0.6) is 0 Å². The van der Waals surface area contributed by atoms with Gasteiger partial charge in [0.1, 0.15) is 11.5 Å². The van der Waals surface area contributed by atoms with Gasteiger partial charge in [-0.25, -0.2) is 5.43 Å². The number of carbonyl (C=O) groups excluding carboxylic acids is 1. The lowest BCUT2D eigenvalue weighted by Gasteiger charge is -2.17. The van der Waals surface area contributed by atoms with Crippen LogP contribution in [0.25, 0.3) is 11.3 Å². The lowest BCUT2D eigenvalue weighted by atomic mass is 10.2. The van der Waals surface area contributed by atoms with Crippen LogP contribution in [0.1, 0.15) is 29.0 Å². The summed E-state index contributed by atoms with van der Waals surface area (Å²) in [6.07, 6.45) is 3.88. The maximum absolute atomic E-state index is 12.3. The number of hydrogen-bond donors (Lipinski definition) is 1. The van der Waals surface area contributed by atoms with Crippen LogP contribution in [0.2, 0.25) is 10.0 Å². The van der Waals surface area contributed by atoms with Gasteiger partial charge < -0.3 is 9.32 Å². The Morgan fingerprint density at radius 1 is 1.03 bits per heavy atom. The summed E-state index contributed by atoms with van der Waals surface area (Å²) in [5, 5.41) is 4.86. The summed E-state index contributed by atoms with van der Waals surface area (Å²) in [6.45, 7) is 2.14. The zero-order valence-corrected chi connectivity index (χ0v) is 17.1. The van der Waals surface area contributed by atoms with E-state index in [9.17, 15) is 4.79 Å². The van der Waals surface area contributed by atoms with Crippen LogP contribution >= 0.6 is 23.2 Å². The van der Waals surface area contributed by atoms with Gasteiger partial charge in [-0.15, -0.1) is 0 Å². The Hall–Kier alpha value is -2.76. The number of furan rings is 1. The number of hydrogen-bond acceptors (Lipinski definition) is 4. The first-order valence-electron chi connectivity index (χ1n) is 9.34. The molecule has 1 amide bonds. The zero-order valence-electron chi connectivity index (χ0n) is 15.6. The summed E-state index contributed by atoms with van der Waals surface area (Å²) in [4.78, 5) is 14.6. The van der Waals surface area contributed by atoms with Crippen molar-refractivity contribution in [2.75, 3.05) is 18.0 Å². The quantitative estimate of drug-likeness (QED) is 0.424. The van der Waals surface area contributed by atoms with Crippen LogP contribution in [-0.4, -0.2) is 25.2 Å². The highest BCUT2D eigenvalue weighted by Gasteiger charge is 2.13. The first-order chi connectivity index (χ1) is 14.1. The highest BCUT2D eigenvalue weighted by atomic mass is 35.5. The molecule has 3 aromatic rings. The third-order valence-corrected chi connectivity index (χ3v) is 5.62. The largest absolute Gasteiger partial charge is 0.455 e. The molecule has 1 fully saturated rings. The SMILES string of the molecule is O=C(N/N=C/c1ccc(-c2cccc(Cl)c2Cl)o1)c1ccc(N2CCCC2)cc1. The zero-order chi connectivity index (χ0) is 20.2. The molecule has 0 unspecified atom stereocenters. The van der Waals surface area contributed by atoms with Gasteiger partial charge in [0.05, 0.1) is 16.3 Å². The highest BCUT2D eigenvalue weighted by Crippen LogP contribution is 2.34. The lowest BCUT2D eigenvalue weighted by Crippen LogP contribution is -2.19. The van der Waals surface area contributed by atoms with Gasteiger partial charge in [0.15, 0.2) is 0 Å². The summed E-state index contributed by atoms with van der Waals surface area (Å²) in [5.74, 6) is 0.780. The second-order valence-corrected chi connectivity index (χ2v) is 7.53. The van der Waals surface area contributed by atoms with Crippen molar-refractivity contribution in [3.05, 3.63) is 76.0 Å². The van der Waals surface area contributed by atoms with Gasteiger partial charge in [-0.3, -0.25) is 4.79 Å². The molecule has 2 aromatic carbocycles. The molecular formula is C22H19Cl2N3O2. The molecule has 7 heteroatoms. The molecule has 1 aromatic heterocycles. The molecular weight excluding hydrogens is 409 g/mol. The fraction of sp³-hybridized carbons (Fsp3) is 0.182. The maximum Gasteiger partial charge on any atom is 0.271 e. The fourth-order valence-electron chi connectivity index (χ4n) is 3.28. The van der Waals surface area contributed by atoms with Crippen molar-refractivity contribution >= 4 is 41.0 Å². The van der Waals surface area contributed by atoms with Gasteiger partial charge in [-0.05, 0) is 61.4 Å². The molecule has 1 N–H and O–H groups in total. The molecule has 1 aliphatic rings. The van der Waals surface area contributed by atoms with Gasteiger partial charge in [-0.1, -0.05) is 29.3 Å². The minimum Gasteiger partial charge on any atom is -0.455 e. The van der Waals surface area contributed by atoms with Crippen LogP contribution in [0.15, 0.2) is 64.1 Å². The van der Waals surface area contributed by atoms with Gasteiger partial charge in [0.25, 0.3) is 5.91 Å². The predicted octanol–water partition coefficient (Wildman–Crippen LogP) is 5.62. The third kappa shape index (κ3) is 4.47. The van der Waals surface area contributed by atoms with E-state index in [2.05, 4.69) is 15.4 Å². The van der Waals surface area contributed by atoms with Crippen LogP contribution in [0, 0.1) is 0 Å². The Morgan fingerprint density at radius 3 is 2.55 bits per heavy atom. The molecule has 2 heterocycles. The van der Waals surface area contributed by atoms with Gasteiger partial charge >= 0.3 is 0 Å². The molecule has 5 nitrogen and oxygen atoms in total. The smallest absolute Gasteiger partial charge is 0.271 e. The van der Waals surface area contributed by atoms with E-state index in [1.165, 1.54) is 19.1 Å². The Kier molecular flexibility index (Phi) is 5.88. The molecule has 0 atom stereocenters. The van der Waals surface area contributed by atoms with E-state index in [1.807, 2.05) is 30.3 Å². The molecule has 1 saturated heterocycles. The van der Waals surface area contributed by atoms with Crippen molar-refractivity contribution in [3.8, 4) is 11.3 Å². The van der Waals surface area contributed by atoms with Crippen molar-refractivity contribution in [3.63, 3.8) is 0 Å². The van der Waals surface area contributed by atoms with Crippen molar-refractivity contribution in [1.29, 1.82) is 0 Å². The van der Waals surface area contributed by atoms with Gasteiger partial charge in [-0.2, -0.15) is 5.10 Å². The first kappa shape index (κ1) is 19.6. The molecule has 0 radical (unpaired) electrons. The summed E-state index contributed by atoms with van der Waals surface area (Å²) in [7, 11) is 0. The number of halogens is 2. The standard InChI is InChI=1S/C22H19Cl2N3O2/c23-19-5-3-4-18(21(19)24)20-11-10-17(29-20)14-25-26-22(28)15-6-8-16(9-7-15)27-12-1-2-13-27/h3-11,14H,1-2,12-13H2,(H,26,28)/b25-14+. The van der Waals surface area contributed by atoms with Crippen molar-refractivity contribution in [2.24, 2.45) is 5.10 Å². The van der Waals surface area contributed by atoms with Gasteiger partial charge in [0.2, 0.25) is 0 Å². The lowest BCUT2D eigenvalue weighted by molar-refractivity contribution is 0.0955. The summed E-state index contributed by atoms with van der Waals surface area (Å²) in [5.41, 5.74) is 4.91. The Balaban J connectivity index is 1.38. The number of carbonyl (C=O) groups is 1. The molecule has 29 heavy (non-hydrogen) atoms. The average Bonchev–Trinajstić information content (AvgIpc) is 3.42. The molecule has 0 spiro atoms. The Labute approximate surface area is 178 Å². The van der Waals surface area contributed by atoms with E-state index in [0.29, 0.717) is 32.7 Å². The average molecular weight is 428 g/mol. The summed E-state index contributed by atoms with van der Waals surface area (Å²) in [6, 6.07) is 16.4. The van der Waals surface area contributed by atoms with Crippen molar-refractivity contribution in [1.82, 2.24) is 5.43 Å². The fourth-order valence-corrected chi connectivity index (χ4v) is 3.67. The monoisotopic (exact) mass is 427 g/mol. The Morgan fingerprint density at radius 2 is 1.79 bits per heavy atom. The number of hydrazone groups is 1. The third-order valence-electron chi connectivity index (χ3n) is 4.80. The van der Waals surface area contributed by atoms with E-state index in [1.54, 1.807) is 24.3 Å². The number of nitrogens with one attached hydrogen (secondary N) is 1. The minimum absolute atomic E-state index is 0.279. The molecule has 4 rings (SSSR count). The first-order valence-corrected chi connectivity index (χ1v) is 10.1. The molecule has 148 valence electrons. The summed E-state index contributed by atoms with van der Waals surface area (Å²) < 4.78 is 5.72. The number of rotatable bonds is 5. The molecule has 0 bridgehead atoms. The summed E-state index contributed by atoms with van der Waals surface area (Å²) >= 11 is 12.3.